The van der Waals surface area contributed by atoms with Crippen molar-refractivity contribution < 1.29 is 36.4 Å². The molecule has 0 atom stereocenters. The number of nitrogens with one attached hydrogen (secondary N) is 1. The maximum Gasteiger partial charge on any atom is 0.261 e. The third-order valence-corrected chi connectivity index (χ3v) is 4.34. The van der Waals surface area contributed by atoms with Gasteiger partial charge in [0.05, 0.1) is 32.1 Å². The van der Waals surface area contributed by atoms with E-state index in [4.69, 9.17) is 23.2 Å². The molecule has 1 aromatic carbocycles. The molecular weight excluding hydrogens is 416 g/mol. The van der Waals surface area contributed by atoms with E-state index in [1.165, 1.54) is 19.8 Å². The summed E-state index contributed by atoms with van der Waals surface area (Å²) in [5.41, 5.74) is 0.992. The average molecular weight is 445 g/mol. The van der Waals surface area contributed by atoms with Crippen LogP contribution >= 0.6 is 0 Å². The average Bonchev–Trinajstić information content (AvgIpc) is 3.32. The van der Waals surface area contributed by atoms with Crippen molar-refractivity contribution in [2.45, 2.75) is 19.8 Å². The second-order valence-corrected chi connectivity index (χ2v) is 8.21. The molecule has 2 N–H and O–H groups in total. The molecule has 0 unspecified atom stereocenters. The van der Waals surface area contributed by atoms with Crippen molar-refractivity contribution in [2.24, 2.45) is 0 Å². The summed E-state index contributed by atoms with van der Waals surface area (Å²) in [4.78, 5) is 14.1. The Bertz CT molecular complexity index is 957. The molecule has 0 aliphatic carbocycles. The van der Waals surface area contributed by atoms with Gasteiger partial charge in [-0.2, -0.15) is 8.42 Å². The van der Waals surface area contributed by atoms with Crippen LogP contribution in [0.5, 0.6) is 17.2 Å². The first-order valence-corrected chi connectivity index (χ1v) is 11.2. The number of benzene rings is 1. The summed E-state index contributed by atoms with van der Waals surface area (Å²) in [6.45, 7) is 4.94. The van der Waals surface area contributed by atoms with Crippen LogP contribution in [0.4, 0.5) is 5.69 Å². The van der Waals surface area contributed by atoms with E-state index in [0.717, 1.165) is 25.0 Å². The molecule has 1 aliphatic heterocycles. The summed E-state index contributed by atoms with van der Waals surface area (Å²) < 4.78 is 48.5. The Morgan fingerprint density at radius 3 is 2.33 bits per heavy atom. The van der Waals surface area contributed by atoms with Gasteiger partial charge in [-0.05, 0) is 32.0 Å². The number of nitrogens with zero attached hydrogens (tertiary/aromatic N) is 1. The van der Waals surface area contributed by atoms with Gasteiger partial charge in [0.15, 0.2) is 17.1 Å². The molecule has 168 valence electrons. The molecule has 1 amide bonds. The van der Waals surface area contributed by atoms with Crippen LogP contribution in [0.3, 0.4) is 0 Å². The molecule has 0 saturated carbocycles. The smallest absolute Gasteiger partial charge is 0.261 e. The van der Waals surface area contributed by atoms with Crippen molar-refractivity contribution in [2.75, 3.05) is 52.0 Å². The highest BCUT2D eigenvalue weighted by Crippen LogP contribution is 2.49. The predicted molar refractivity (Wildman–Crippen MR) is 112 cm³/mol. The molecule has 10 nitrogen and oxygen atoms in total. The molecule has 1 aromatic heterocycles. The van der Waals surface area contributed by atoms with Crippen LogP contribution < -0.4 is 19.5 Å². The Balaban J connectivity index is 0.000000575. The molecule has 11 heteroatoms. The molecule has 2 aromatic rings. The van der Waals surface area contributed by atoms with E-state index in [1.807, 2.05) is 0 Å². The molecule has 1 saturated heterocycles. The van der Waals surface area contributed by atoms with Gasteiger partial charge in [-0.3, -0.25) is 14.2 Å². The minimum absolute atomic E-state index is 0.215. The van der Waals surface area contributed by atoms with Crippen LogP contribution in [0.2, 0.25) is 0 Å². The number of hydrogen-bond acceptors (Lipinski definition) is 8. The molecule has 0 radical (unpaired) electrons. The number of anilines is 1. The number of carbonyl (C=O) groups is 1. The summed E-state index contributed by atoms with van der Waals surface area (Å²) in [6.07, 6.45) is 4.73. The van der Waals surface area contributed by atoms with E-state index in [0.29, 0.717) is 41.4 Å². The van der Waals surface area contributed by atoms with Crippen LogP contribution in [0.1, 0.15) is 19.8 Å². The van der Waals surface area contributed by atoms with E-state index in [-0.39, 0.29) is 5.91 Å². The minimum Gasteiger partial charge on any atom is -0.494 e. The van der Waals surface area contributed by atoms with E-state index < -0.39 is 10.1 Å². The highest BCUT2D eigenvalue weighted by molar-refractivity contribution is 7.85. The fraction of sp³-hybridized carbons (Fsp3) is 0.526. The zero-order chi connectivity index (χ0) is 22.3. The van der Waals surface area contributed by atoms with Crippen LogP contribution in [-0.2, 0) is 14.9 Å². The number of amides is 1. The SMILES string of the molecule is COc1c(NC(C)=O)c(OCCN2CCCC2)c(OC)c2occc12.CS(=O)(=O)O. The molecular formula is C19H28N2O8S. The van der Waals surface area contributed by atoms with E-state index in [2.05, 4.69) is 10.2 Å². The lowest BCUT2D eigenvalue weighted by atomic mass is 10.1. The molecule has 0 bridgehead atoms. The van der Waals surface area contributed by atoms with Gasteiger partial charge in [0.25, 0.3) is 10.1 Å². The first-order chi connectivity index (χ1) is 14.2. The molecule has 0 spiro atoms. The fourth-order valence-electron chi connectivity index (χ4n) is 3.23. The normalized spacial score (nSPS) is 14.2. The lowest BCUT2D eigenvalue weighted by molar-refractivity contribution is -0.114. The second kappa shape index (κ2) is 10.5. The fourth-order valence-corrected chi connectivity index (χ4v) is 3.23. The highest BCUT2D eigenvalue weighted by Gasteiger charge is 2.25. The van der Waals surface area contributed by atoms with Gasteiger partial charge in [-0.1, -0.05) is 0 Å². The first-order valence-electron chi connectivity index (χ1n) is 9.36. The Kier molecular flexibility index (Phi) is 8.33. The zero-order valence-electron chi connectivity index (χ0n) is 17.6. The largest absolute Gasteiger partial charge is 0.494 e. The molecule has 2 heterocycles. The van der Waals surface area contributed by atoms with Crippen LogP contribution in [-0.4, -0.2) is 70.5 Å². The van der Waals surface area contributed by atoms with Crippen molar-refractivity contribution in [3.05, 3.63) is 12.3 Å². The Morgan fingerprint density at radius 1 is 1.20 bits per heavy atom. The summed E-state index contributed by atoms with van der Waals surface area (Å²) >= 11 is 0. The third-order valence-electron chi connectivity index (χ3n) is 4.34. The summed E-state index contributed by atoms with van der Waals surface area (Å²) in [5, 5.41) is 3.52. The van der Waals surface area contributed by atoms with Crippen molar-refractivity contribution in [3.63, 3.8) is 0 Å². The van der Waals surface area contributed by atoms with Gasteiger partial charge in [0, 0.05) is 13.5 Å². The number of carbonyl (C=O) groups excluding carboxylic acids is 1. The summed E-state index contributed by atoms with van der Waals surface area (Å²) in [7, 11) is -0.567. The van der Waals surface area contributed by atoms with Crippen LogP contribution in [0.25, 0.3) is 11.0 Å². The van der Waals surface area contributed by atoms with Crippen molar-refractivity contribution >= 4 is 32.7 Å². The predicted octanol–water partition coefficient (Wildman–Crippen LogP) is 2.39. The van der Waals surface area contributed by atoms with E-state index in [9.17, 15) is 13.2 Å². The maximum absolute atomic E-state index is 11.7. The van der Waals surface area contributed by atoms with Crippen LogP contribution in [0, 0.1) is 0 Å². The second-order valence-electron chi connectivity index (χ2n) is 6.75. The Labute approximate surface area is 175 Å². The summed E-state index contributed by atoms with van der Waals surface area (Å²) in [6, 6.07) is 1.77. The number of hydrogen-bond donors (Lipinski definition) is 2. The monoisotopic (exact) mass is 444 g/mol. The molecule has 1 aliphatic rings. The van der Waals surface area contributed by atoms with Gasteiger partial charge in [-0.25, -0.2) is 0 Å². The number of methoxy groups -OCH3 is 2. The number of furan rings is 1. The Morgan fingerprint density at radius 2 is 1.80 bits per heavy atom. The molecule has 3 rings (SSSR count). The highest BCUT2D eigenvalue weighted by atomic mass is 32.2. The van der Waals surface area contributed by atoms with Crippen molar-refractivity contribution in [1.29, 1.82) is 0 Å². The van der Waals surface area contributed by atoms with Gasteiger partial charge in [0.2, 0.25) is 11.7 Å². The van der Waals surface area contributed by atoms with E-state index >= 15 is 0 Å². The van der Waals surface area contributed by atoms with Gasteiger partial charge >= 0.3 is 0 Å². The Hall–Kier alpha value is -2.50. The van der Waals surface area contributed by atoms with Crippen molar-refractivity contribution in [1.82, 2.24) is 4.90 Å². The molecule has 30 heavy (non-hydrogen) atoms. The lowest BCUT2D eigenvalue weighted by Crippen LogP contribution is -2.25. The van der Waals surface area contributed by atoms with Gasteiger partial charge in [0.1, 0.15) is 12.3 Å². The number of likely N-dealkylation sites (tertiary alicyclic amines) is 1. The number of ether oxygens (including phenoxy) is 3. The lowest BCUT2D eigenvalue weighted by Gasteiger charge is -2.20. The van der Waals surface area contributed by atoms with E-state index in [1.54, 1.807) is 26.5 Å². The number of rotatable bonds is 7. The quantitative estimate of drug-likeness (QED) is 0.619. The number of fused-ring (bicyclic) bond motifs is 1. The first kappa shape index (κ1) is 23.8. The van der Waals surface area contributed by atoms with Crippen molar-refractivity contribution in [3.8, 4) is 17.2 Å². The van der Waals surface area contributed by atoms with Crippen LogP contribution in [0.15, 0.2) is 16.7 Å². The molecule has 1 fully saturated rings. The topological polar surface area (TPSA) is 128 Å². The minimum atomic E-state index is -3.67. The maximum atomic E-state index is 11.7. The van der Waals surface area contributed by atoms with Gasteiger partial charge < -0.3 is 23.9 Å². The zero-order valence-corrected chi connectivity index (χ0v) is 18.4. The standard InChI is InChI=1S/C18H24N2O5.CH4O3S/c1-12(21)19-14-15(22-2)13-6-10-24-16(13)18(23-3)17(14)25-11-9-20-7-4-5-8-20;1-5(2,3)4/h6,10H,4-5,7-9,11H2,1-3H3,(H,19,21);1H3,(H,2,3,4). The van der Waals surface area contributed by atoms with Gasteiger partial charge in [-0.15, -0.1) is 0 Å². The third kappa shape index (κ3) is 6.51. The summed E-state index contributed by atoms with van der Waals surface area (Å²) in [5.74, 6) is 1.16.